The van der Waals surface area contributed by atoms with Crippen LogP contribution in [0.3, 0.4) is 0 Å². The Balaban J connectivity index is 1.97. The fourth-order valence-electron chi connectivity index (χ4n) is 0. The fourth-order valence-corrected chi connectivity index (χ4v) is 0. The van der Waals surface area contributed by atoms with E-state index in [9.17, 15) is 0 Å². The zero-order chi connectivity index (χ0) is 3.41. The van der Waals surface area contributed by atoms with Crippen LogP contribution in [-0.4, -0.2) is 7.02 Å². The Bertz CT molecular complexity index is 8.00. The van der Waals surface area contributed by atoms with E-state index >= 15 is 0 Å². The van der Waals surface area contributed by atoms with E-state index in [-0.39, 0.29) is 0 Å². The summed E-state index contributed by atoms with van der Waals surface area (Å²) in [6.07, 6.45) is 0. The Morgan fingerprint density at radius 3 is 2.25 bits per heavy atom. The van der Waals surface area contributed by atoms with Crippen LogP contribution in [0, 0.1) is 0 Å². The van der Waals surface area contributed by atoms with Gasteiger partial charge in [0.05, 0.1) is 0 Å². The Morgan fingerprint density at radius 1 is 2.00 bits per heavy atom. The van der Waals surface area contributed by atoms with Crippen molar-refractivity contribution in [3.63, 3.8) is 0 Å². The van der Waals surface area contributed by atoms with E-state index in [1.807, 2.05) is 0 Å². The van der Waals surface area contributed by atoms with Gasteiger partial charge in [-0.05, 0) is 0 Å². The lowest BCUT2D eigenvalue weighted by Crippen LogP contribution is -1.59. The minimum absolute atomic E-state index is 1.11. The summed E-state index contributed by atoms with van der Waals surface area (Å²) in [5.74, 6) is 0. The third-order valence-corrected chi connectivity index (χ3v) is 2.69. The molecule has 0 rings (SSSR count). The lowest BCUT2D eigenvalue weighted by Gasteiger charge is -1.62. The Labute approximate surface area is 42.0 Å². The highest BCUT2D eigenvalue weighted by molar-refractivity contribution is 14.1. The van der Waals surface area contributed by atoms with Gasteiger partial charge in [0.1, 0.15) is 7.02 Å². The molecule has 0 aliphatic carbocycles. The van der Waals surface area contributed by atoms with E-state index in [1.54, 1.807) is 0 Å². The minimum atomic E-state index is 1.11. The zero-order valence-electron chi connectivity index (χ0n) is 2.59. The number of halogens is 1. The molecule has 0 atom stereocenters. The third-order valence-electron chi connectivity index (χ3n) is 0.134. The second kappa shape index (κ2) is 3.95. The summed E-state index contributed by atoms with van der Waals surface area (Å²) in [6.45, 7) is 2.19. The van der Waals surface area contributed by atoms with E-state index in [4.69, 9.17) is 0 Å². The first kappa shape index (κ1) is 4.95. The smallest absolute Gasteiger partial charge is 0.124 e. The van der Waals surface area contributed by atoms with Crippen LogP contribution in [0.1, 0.15) is 6.92 Å². The van der Waals surface area contributed by atoms with Crippen molar-refractivity contribution in [1.82, 2.24) is 0 Å². The topological polar surface area (TPSA) is 0 Å². The van der Waals surface area contributed by atoms with Gasteiger partial charge in [0.15, 0.2) is 0 Å². The van der Waals surface area contributed by atoms with E-state index in [0.717, 1.165) is 7.02 Å². The predicted octanol–water partition coefficient (Wildman–Crippen LogP) is 1.48. The maximum absolute atomic E-state index is 2.38. The van der Waals surface area contributed by atoms with Crippen LogP contribution in [0.2, 0.25) is 6.04 Å². The van der Waals surface area contributed by atoms with Gasteiger partial charge in [-0.3, -0.25) is 0 Å². The highest BCUT2D eigenvalue weighted by atomic mass is 127. The third kappa shape index (κ3) is 2.95. The van der Waals surface area contributed by atoms with Crippen molar-refractivity contribution >= 4 is 28.8 Å². The lowest BCUT2D eigenvalue weighted by molar-refractivity contribution is 1.48. The van der Waals surface area contributed by atoms with Crippen LogP contribution in [0.5, 0.6) is 0 Å². The molecule has 0 bridgehead atoms. The molecule has 2 radical (unpaired) electrons. The summed E-state index contributed by atoms with van der Waals surface area (Å²) in [6, 6.07) is 1.33. The van der Waals surface area contributed by atoms with Crippen LogP contribution in [-0.2, 0) is 0 Å². The largest absolute Gasteiger partial charge is 0.130 e. The highest BCUT2D eigenvalue weighted by Gasteiger charge is 1.62. The van der Waals surface area contributed by atoms with Crippen LogP contribution in [0.4, 0.5) is 0 Å². The molecule has 0 spiro atoms. The van der Waals surface area contributed by atoms with Gasteiger partial charge in [0.25, 0.3) is 0 Å². The Hall–Kier alpha value is 0.947. The number of hydrogen-bond donors (Lipinski definition) is 0. The molecule has 0 heterocycles. The molecule has 0 saturated carbocycles. The molecule has 4 heavy (non-hydrogen) atoms. The summed E-state index contributed by atoms with van der Waals surface area (Å²) < 4.78 is 0. The molecular formula is C2H5ISi. The first-order chi connectivity index (χ1) is 1.91. The maximum Gasteiger partial charge on any atom is 0.130 e. The van der Waals surface area contributed by atoms with Crippen molar-refractivity contribution in [2.24, 2.45) is 0 Å². The van der Waals surface area contributed by atoms with Crippen LogP contribution >= 0.6 is 21.8 Å². The molecule has 0 aromatic carbocycles. The zero-order valence-corrected chi connectivity index (χ0v) is 5.74. The molecule has 2 heteroatoms. The SMILES string of the molecule is CC[Si]I. The van der Waals surface area contributed by atoms with Crippen LogP contribution < -0.4 is 0 Å². The quantitative estimate of drug-likeness (QED) is 0.329. The summed E-state index contributed by atoms with van der Waals surface area (Å²) in [4.78, 5) is 0. The second-order valence-electron chi connectivity index (χ2n) is 0.487. The van der Waals surface area contributed by atoms with Crippen molar-refractivity contribution in [2.75, 3.05) is 0 Å². The summed E-state index contributed by atoms with van der Waals surface area (Å²) in [5.41, 5.74) is 0. The standard InChI is InChI=1S/C2H5ISi/c1-2-4-3/h2H2,1H3. The molecule has 0 amide bonds. The van der Waals surface area contributed by atoms with Crippen LogP contribution in [0.15, 0.2) is 0 Å². The van der Waals surface area contributed by atoms with Gasteiger partial charge in [0.2, 0.25) is 0 Å². The molecule has 0 aliphatic rings. The molecule has 0 aromatic heterocycles. The first-order valence-corrected chi connectivity index (χ1v) is 5.57. The van der Waals surface area contributed by atoms with Crippen molar-refractivity contribution in [1.29, 1.82) is 0 Å². The van der Waals surface area contributed by atoms with Crippen molar-refractivity contribution in [3.8, 4) is 0 Å². The van der Waals surface area contributed by atoms with Gasteiger partial charge in [-0.1, -0.05) is 13.0 Å². The number of hydrogen-bond acceptors (Lipinski definition) is 0. The lowest BCUT2D eigenvalue weighted by atomic mass is 11.0. The average molecular weight is 184 g/mol. The normalized spacial score (nSPS) is 7.50. The van der Waals surface area contributed by atoms with E-state index in [1.165, 1.54) is 6.04 Å². The minimum Gasteiger partial charge on any atom is -0.124 e. The predicted molar refractivity (Wildman–Crippen MR) is 30.3 cm³/mol. The van der Waals surface area contributed by atoms with Crippen LogP contribution in [0.25, 0.3) is 0 Å². The Morgan fingerprint density at radius 2 is 2.25 bits per heavy atom. The molecule has 0 fully saturated rings. The van der Waals surface area contributed by atoms with Gasteiger partial charge >= 0.3 is 0 Å². The molecule has 0 aromatic rings. The average Bonchev–Trinajstić information content (AvgIpc) is 1.37. The van der Waals surface area contributed by atoms with Gasteiger partial charge < -0.3 is 0 Å². The van der Waals surface area contributed by atoms with E-state index in [2.05, 4.69) is 28.7 Å². The van der Waals surface area contributed by atoms with Crippen molar-refractivity contribution < 1.29 is 0 Å². The molecular weight excluding hydrogens is 179 g/mol. The summed E-state index contributed by atoms with van der Waals surface area (Å²) in [7, 11) is 1.11. The second-order valence-corrected chi connectivity index (χ2v) is 3.75. The van der Waals surface area contributed by atoms with E-state index in [0.29, 0.717) is 0 Å². The summed E-state index contributed by atoms with van der Waals surface area (Å²) >= 11 is 2.38. The monoisotopic (exact) mass is 184 g/mol. The highest BCUT2D eigenvalue weighted by Crippen LogP contribution is 1.78. The fraction of sp³-hybridized carbons (Fsp3) is 1.00. The molecule has 24 valence electrons. The molecule has 0 N–H and O–H groups in total. The van der Waals surface area contributed by atoms with Gasteiger partial charge in [0, 0.05) is 0 Å². The molecule has 0 unspecified atom stereocenters. The first-order valence-electron chi connectivity index (χ1n) is 1.25. The number of rotatable bonds is 1. The van der Waals surface area contributed by atoms with Gasteiger partial charge in [-0.15, -0.1) is 21.8 Å². The molecule has 0 aliphatic heterocycles. The van der Waals surface area contributed by atoms with Gasteiger partial charge in [-0.25, -0.2) is 0 Å². The van der Waals surface area contributed by atoms with E-state index < -0.39 is 0 Å². The molecule has 0 saturated heterocycles. The Kier molecular flexibility index (Phi) is 4.88. The van der Waals surface area contributed by atoms with Gasteiger partial charge in [-0.2, -0.15) is 0 Å². The van der Waals surface area contributed by atoms with Crippen molar-refractivity contribution in [2.45, 2.75) is 13.0 Å². The maximum atomic E-state index is 2.38. The summed E-state index contributed by atoms with van der Waals surface area (Å²) in [5, 5.41) is 0. The molecule has 0 nitrogen and oxygen atoms in total. The van der Waals surface area contributed by atoms with Crippen molar-refractivity contribution in [3.05, 3.63) is 0 Å².